The fourth-order valence-electron chi connectivity index (χ4n) is 0.403. The minimum atomic E-state index is -0.376. The van der Waals surface area contributed by atoms with E-state index in [4.69, 9.17) is 5.11 Å². The molecule has 0 aliphatic rings. The second-order valence-corrected chi connectivity index (χ2v) is 3.25. The van der Waals surface area contributed by atoms with Crippen molar-refractivity contribution in [3.63, 3.8) is 0 Å². The molecule has 0 amide bonds. The van der Waals surface area contributed by atoms with E-state index in [0.717, 1.165) is 0 Å². The Hall–Kier alpha value is 0.0600. The Bertz CT molecular complexity index is 110. The molecule has 0 aromatic rings. The number of carbonyl (C=O) groups excluding carboxylic acids is 1. The summed E-state index contributed by atoms with van der Waals surface area (Å²) in [5, 5.41) is 8.49. The SMILES string of the molecule is CC(C)(CCO)C(=O)P. The van der Waals surface area contributed by atoms with Crippen LogP contribution in [0.1, 0.15) is 20.3 Å². The van der Waals surface area contributed by atoms with Crippen LogP contribution in [-0.4, -0.2) is 17.2 Å². The predicted molar refractivity (Wildman–Crippen MR) is 40.2 cm³/mol. The van der Waals surface area contributed by atoms with Crippen molar-refractivity contribution in [1.82, 2.24) is 0 Å². The summed E-state index contributed by atoms with van der Waals surface area (Å²) in [6, 6.07) is 0. The first-order chi connectivity index (χ1) is 4.00. The van der Waals surface area contributed by atoms with Gasteiger partial charge in [0.05, 0.1) is 0 Å². The van der Waals surface area contributed by atoms with Gasteiger partial charge >= 0.3 is 0 Å². The molecular formula is C6H13O2P. The Morgan fingerprint density at radius 3 is 2.22 bits per heavy atom. The molecule has 9 heavy (non-hydrogen) atoms. The maximum absolute atomic E-state index is 10.7. The molecule has 0 saturated carbocycles. The average molecular weight is 148 g/mol. The van der Waals surface area contributed by atoms with Crippen LogP contribution in [0.25, 0.3) is 0 Å². The first kappa shape index (κ1) is 9.06. The fourth-order valence-corrected chi connectivity index (χ4v) is 0.547. The summed E-state index contributed by atoms with van der Waals surface area (Å²) in [7, 11) is 2.13. The Morgan fingerprint density at radius 2 is 2.11 bits per heavy atom. The van der Waals surface area contributed by atoms with Gasteiger partial charge in [-0.1, -0.05) is 23.1 Å². The molecule has 54 valence electrons. The summed E-state index contributed by atoms with van der Waals surface area (Å²) in [5.74, 6) is 0. The van der Waals surface area contributed by atoms with E-state index in [1.807, 2.05) is 13.8 Å². The highest BCUT2D eigenvalue weighted by atomic mass is 31.0. The lowest BCUT2D eigenvalue weighted by Crippen LogP contribution is -2.20. The lowest BCUT2D eigenvalue weighted by molar-refractivity contribution is -0.119. The number of hydrogen-bond acceptors (Lipinski definition) is 2. The van der Waals surface area contributed by atoms with Crippen LogP contribution in [0.5, 0.6) is 0 Å². The van der Waals surface area contributed by atoms with Gasteiger partial charge in [-0.15, -0.1) is 0 Å². The largest absolute Gasteiger partial charge is 0.396 e. The Morgan fingerprint density at radius 1 is 1.67 bits per heavy atom. The second kappa shape index (κ2) is 3.28. The van der Waals surface area contributed by atoms with E-state index < -0.39 is 0 Å². The van der Waals surface area contributed by atoms with Gasteiger partial charge in [0, 0.05) is 12.0 Å². The zero-order valence-corrected chi connectivity index (χ0v) is 7.00. The van der Waals surface area contributed by atoms with Gasteiger partial charge in [0.2, 0.25) is 0 Å². The summed E-state index contributed by atoms with van der Waals surface area (Å²) in [5.41, 5.74) is -0.323. The molecule has 0 radical (unpaired) electrons. The minimum absolute atomic E-state index is 0.0524. The Labute approximate surface area is 57.8 Å². The van der Waals surface area contributed by atoms with Gasteiger partial charge in [0.1, 0.15) is 0 Å². The predicted octanol–water partition coefficient (Wildman–Crippen LogP) is 0.797. The van der Waals surface area contributed by atoms with Crippen molar-refractivity contribution in [2.24, 2.45) is 5.41 Å². The average Bonchev–Trinajstić information content (AvgIpc) is 1.65. The van der Waals surface area contributed by atoms with E-state index in [9.17, 15) is 4.79 Å². The maximum Gasteiger partial charge on any atom is 0.153 e. The second-order valence-electron chi connectivity index (χ2n) is 2.72. The molecule has 0 aromatic carbocycles. The van der Waals surface area contributed by atoms with E-state index in [-0.39, 0.29) is 17.5 Å². The van der Waals surface area contributed by atoms with Gasteiger partial charge in [-0.05, 0) is 6.42 Å². The van der Waals surface area contributed by atoms with Crippen molar-refractivity contribution in [1.29, 1.82) is 0 Å². The number of aliphatic hydroxyl groups excluding tert-OH is 1. The molecule has 0 aromatic heterocycles. The van der Waals surface area contributed by atoms with Crippen molar-refractivity contribution in [2.45, 2.75) is 20.3 Å². The topological polar surface area (TPSA) is 37.3 Å². The third kappa shape index (κ3) is 2.92. The third-order valence-electron chi connectivity index (χ3n) is 1.40. The first-order valence-corrected chi connectivity index (χ1v) is 3.49. The van der Waals surface area contributed by atoms with E-state index in [2.05, 4.69) is 9.24 Å². The molecule has 0 heterocycles. The third-order valence-corrected chi connectivity index (χ3v) is 2.19. The quantitative estimate of drug-likeness (QED) is 0.601. The van der Waals surface area contributed by atoms with Gasteiger partial charge in [0.15, 0.2) is 5.52 Å². The van der Waals surface area contributed by atoms with Crippen molar-refractivity contribution >= 4 is 14.8 Å². The molecule has 0 rings (SSSR count). The smallest absolute Gasteiger partial charge is 0.153 e. The van der Waals surface area contributed by atoms with Gasteiger partial charge < -0.3 is 5.11 Å². The van der Waals surface area contributed by atoms with Gasteiger partial charge in [-0.2, -0.15) is 0 Å². The normalized spacial score (nSPS) is 11.6. The van der Waals surface area contributed by atoms with Crippen LogP contribution in [0.15, 0.2) is 0 Å². The highest BCUT2D eigenvalue weighted by molar-refractivity contribution is 7.40. The molecule has 1 unspecified atom stereocenters. The van der Waals surface area contributed by atoms with Crippen molar-refractivity contribution in [3.05, 3.63) is 0 Å². The molecule has 0 bridgehead atoms. The van der Waals surface area contributed by atoms with Crippen LogP contribution in [0.3, 0.4) is 0 Å². The lowest BCUT2D eigenvalue weighted by atomic mass is 9.92. The number of aliphatic hydroxyl groups is 1. The summed E-state index contributed by atoms with van der Waals surface area (Å²) in [6.45, 7) is 3.71. The Balaban J connectivity index is 3.85. The lowest BCUT2D eigenvalue weighted by Gasteiger charge is -2.18. The minimum Gasteiger partial charge on any atom is -0.396 e. The van der Waals surface area contributed by atoms with Gasteiger partial charge in [0.25, 0.3) is 0 Å². The molecular weight excluding hydrogens is 135 g/mol. The van der Waals surface area contributed by atoms with E-state index >= 15 is 0 Å². The molecule has 3 heteroatoms. The van der Waals surface area contributed by atoms with Crippen LogP contribution in [0.2, 0.25) is 0 Å². The highest BCUT2D eigenvalue weighted by Crippen LogP contribution is 2.23. The summed E-state index contributed by atoms with van der Waals surface area (Å²) < 4.78 is 0. The summed E-state index contributed by atoms with van der Waals surface area (Å²) in [6.07, 6.45) is 0.537. The number of rotatable bonds is 3. The molecule has 1 atom stereocenters. The van der Waals surface area contributed by atoms with Crippen LogP contribution in [0.4, 0.5) is 0 Å². The molecule has 0 saturated heterocycles. The van der Waals surface area contributed by atoms with E-state index in [0.29, 0.717) is 6.42 Å². The highest BCUT2D eigenvalue weighted by Gasteiger charge is 2.22. The monoisotopic (exact) mass is 148 g/mol. The fraction of sp³-hybridized carbons (Fsp3) is 0.833. The van der Waals surface area contributed by atoms with Crippen molar-refractivity contribution < 1.29 is 9.90 Å². The molecule has 2 nitrogen and oxygen atoms in total. The Kier molecular flexibility index (Phi) is 3.31. The molecule has 0 aliphatic heterocycles. The molecule has 0 aliphatic carbocycles. The molecule has 0 fully saturated rings. The number of hydrogen-bond donors (Lipinski definition) is 1. The number of carbonyl (C=O) groups is 1. The van der Waals surface area contributed by atoms with Crippen LogP contribution in [0, 0.1) is 5.41 Å². The van der Waals surface area contributed by atoms with Crippen LogP contribution in [-0.2, 0) is 4.79 Å². The summed E-state index contributed by atoms with van der Waals surface area (Å²) in [4.78, 5) is 10.7. The van der Waals surface area contributed by atoms with Gasteiger partial charge in [-0.3, -0.25) is 4.79 Å². The molecule has 0 spiro atoms. The van der Waals surface area contributed by atoms with Crippen molar-refractivity contribution in [2.75, 3.05) is 6.61 Å². The zero-order chi connectivity index (χ0) is 7.49. The maximum atomic E-state index is 10.7. The zero-order valence-electron chi connectivity index (χ0n) is 5.85. The first-order valence-electron chi connectivity index (χ1n) is 2.91. The van der Waals surface area contributed by atoms with Gasteiger partial charge in [-0.25, -0.2) is 0 Å². The summed E-state index contributed by atoms with van der Waals surface area (Å²) >= 11 is 0. The standard InChI is InChI=1S/C6H13O2P/c1-6(2,3-4-7)5(8)9/h7H,3-4,9H2,1-2H3. The van der Waals surface area contributed by atoms with Crippen LogP contribution >= 0.6 is 9.24 Å². The van der Waals surface area contributed by atoms with E-state index in [1.165, 1.54) is 0 Å². The van der Waals surface area contributed by atoms with Crippen LogP contribution < -0.4 is 0 Å². The van der Waals surface area contributed by atoms with E-state index in [1.54, 1.807) is 0 Å². The van der Waals surface area contributed by atoms with Crippen molar-refractivity contribution in [3.8, 4) is 0 Å². The molecule has 1 N–H and O–H groups in total.